The number of nitrogens with one attached hydrogen (secondary N) is 1. The van der Waals surface area contributed by atoms with Crippen LogP contribution in [0.15, 0.2) is 36.5 Å². The summed E-state index contributed by atoms with van der Waals surface area (Å²) >= 11 is 1.56. The maximum Gasteiger partial charge on any atom is 0.331 e. The second-order valence-electron chi connectivity index (χ2n) is 5.01. The molecule has 0 radical (unpaired) electrons. The number of fused-ring (bicyclic) bond motifs is 1. The minimum atomic E-state index is -0.348. The molecule has 1 aromatic carbocycles. The van der Waals surface area contributed by atoms with Crippen molar-refractivity contribution in [2.45, 2.75) is 20.5 Å². The number of aromatic amines is 1. The number of rotatable bonds is 4. The van der Waals surface area contributed by atoms with Crippen LogP contribution in [-0.4, -0.2) is 15.9 Å². The summed E-state index contributed by atoms with van der Waals surface area (Å²) in [6.07, 6.45) is 5.11. The van der Waals surface area contributed by atoms with E-state index in [-0.39, 0.29) is 12.6 Å². The van der Waals surface area contributed by atoms with Gasteiger partial charge in [0.15, 0.2) is 0 Å². The monoisotopic (exact) mass is 312 g/mol. The molecule has 0 bridgehead atoms. The van der Waals surface area contributed by atoms with Gasteiger partial charge in [-0.05, 0) is 49.1 Å². The smallest absolute Gasteiger partial charge is 0.331 e. The molecule has 0 unspecified atom stereocenters. The number of hydrogen-bond donors (Lipinski definition) is 1. The van der Waals surface area contributed by atoms with E-state index in [1.165, 1.54) is 6.08 Å². The van der Waals surface area contributed by atoms with Crippen LogP contribution in [-0.2, 0) is 16.1 Å². The quantitative estimate of drug-likeness (QED) is 0.585. The fourth-order valence-electron chi connectivity index (χ4n) is 2.23. The molecular weight excluding hydrogens is 296 g/mol. The number of aromatic nitrogens is 2. The van der Waals surface area contributed by atoms with Crippen LogP contribution in [0, 0.1) is 13.8 Å². The summed E-state index contributed by atoms with van der Waals surface area (Å²) in [7, 11) is 0. The number of carbonyl (C=O) groups is 1. The van der Waals surface area contributed by atoms with E-state index in [4.69, 9.17) is 4.74 Å². The van der Waals surface area contributed by atoms with Crippen LogP contribution in [0.4, 0.5) is 0 Å². The van der Waals surface area contributed by atoms with Gasteiger partial charge >= 0.3 is 5.97 Å². The van der Waals surface area contributed by atoms with Gasteiger partial charge in [-0.3, -0.25) is 0 Å². The van der Waals surface area contributed by atoms with E-state index in [9.17, 15) is 4.79 Å². The van der Waals surface area contributed by atoms with Crippen molar-refractivity contribution in [2.75, 3.05) is 0 Å². The third-order valence-corrected chi connectivity index (χ3v) is 4.38. The molecule has 0 atom stereocenters. The Hall–Kier alpha value is -2.40. The van der Waals surface area contributed by atoms with E-state index in [0.717, 1.165) is 32.0 Å². The van der Waals surface area contributed by atoms with Gasteiger partial charge in [0.2, 0.25) is 0 Å². The van der Waals surface area contributed by atoms with Crippen LogP contribution < -0.4 is 0 Å². The molecule has 0 saturated heterocycles. The van der Waals surface area contributed by atoms with E-state index in [0.29, 0.717) is 0 Å². The maximum atomic E-state index is 11.8. The Morgan fingerprint density at radius 2 is 2.23 bits per heavy atom. The Labute approximate surface area is 132 Å². The van der Waals surface area contributed by atoms with E-state index >= 15 is 0 Å². The summed E-state index contributed by atoms with van der Waals surface area (Å²) in [5, 5.41) is 2.10. The Balaban J connectivity index is 1.62. The third-order valence-electron chi connectivity index (χ3n) is 3.33. The third kappa shape index (κ3) is 3.26. The van der Waals surface area contributed by atoms with Gasteiger partial charge in [-0.15, -0.1) is 11.3 Å². The number of aryl methyl sites for hydroxylation is 2. The van der Waals surface area contributed by atoms with E-state index in [1.807, 2.05) is 44.3 Å². The van der Waals surface area contributed by atoms with Crippen LogP contribution in [0.2, 0.25) is 0 Å². The number of benzene rings is 1. The van der Waals surface area contributed by atoms with E-state index in [1.54, 1.807) is 17.4 Å². The highest BCUT2D eigenvalue weighted by Crippen LogP contribution is 2.18. The summed E-state index contributed by atoms with van der Waals surface area (Å²) in [6, 6.07) is 7.97. The Morgan fingerprint density at radius 1 is 1.36 bits per heavy atom. The van der Waals surface area contributed by atoms with Gasteiger partial charge in [0.1, 0.15) is 6.61 Å². The van der Waals surface area contributed by atoms with Gasteiger partial charge in [0, 0.05) is 17.8 Å². The van der Waals surface area contributed by atoms with Crippen molar-refractivity contribution >= 4 is 34.3 Å². The van der Waals surface area contributed by atoms with Crippen molar-refractivity contribution in [2.24, 2.45) is 0 Å². The summed E-state index contributed by atoms with van der Waals surface area (Å²) in [6.45, 7) is 4.14. The van der Waals surface area contributed by atoms with Crippen molar-refractivity contribution in [1.29, 1.82) is 0 Å². The zero-order chi connectivity index (χ0) is 15.5. The molecule has 0 saturated carbocycles. The molecule has 3 rings (SSSR count). The number of carbonyl (C=O) groups excluding carboxylic acids is 1. The molecule has 22 heavy (non-hydrogen) atoms. The van der Waals surface area contributed by atoms with Crippen molar-refractivity contribution in [3.05, 3.63) is 57.7 Å². The molecule has 0 aliphatic rings. The van der Waals surface area contributed by atoms with Crippen molar-refractivity contribution < 1.29 is 9.53 Å². The topological polar surface area (TPSA) is 55.0 Å². The fraction of sp³-hybridized carbons (Fsp3) is 0.176. The SMILES string of the molecule is Cc1nc(C)c(COC(=O)/C=C/c2ccc3[nH]ccc3c2)s1. The molecule has 0 amide bonds. The first-order valence-corrected chi connectivity index (χ1v) is 7.78. The van der Waals surface area contributed by atoms with Crippen LogP contribution in [0.25, 0.3) is 17.0 Å². The van der Waals surface area contributed by atoms with Gasteiger partial charge in [-0.25, -0.2) is 9.78 Å². The zero-order valence-electron chi connectivity index (χ0n) is 12.4. The van der Waals surface area contributed by atoms with E-state index in [2.05, 4.69) is 9.97 Å². The van der Waals surface area contributed by atoms with Gasteiger partial charge in [-0.2, -0.15) is 0 Å². The van der Waals surface area contributed by atoms with Crippen LogP contribution in [0.1, 0.15) is 21.1 Å². The highest BCUT2D eigenvalue weighted by Gasteiger charge is 2.06. The standard InChI is InChI=1S/C17H16N2O2S/c1-11-16(22-12(2)19-11)10-21-17(20)6-4-13-3-5-15-14(9-13)7-8-18-15/h3-9,18H,10H2,1-2H3/b6-4+. The number of ether oxygens (including phenoxy) is 1. The summed E-state index contributed by atoms with van der Waals surface area (Å²) in [5.74, 6) is -0.348. The number of hydrogen-bond acceptors (Lipinski definition) is 4. The predicted molar refractivity (Wildman–Crippen MR) is 88.7 cm³/mol. The van der Waals surface area contributed by atoms with E-state index < -0.39 is 0 Å². The van der Waals surface area contributed by atoms with Crippen molar-refractivity contribution in [3.63, 3.8) is 0 Å². The molecule has 0 spiro atoms. The average Bonchev–Trinajstić information content (AvgIpc) is 3.08. The predicted octanol–water partition coefficient (Wildman–Crippen LogP) is 4.00. The molecule has 2 aromatic heterocycles. The van der Waals surface area contributed by atoms with Crippen LogP contribution in [0.5, 0.6) is 0 Å². The summed E-state index contributed by atoms with van der Waals surface area (Å²) < 4.78 is 5.25. The fourth-order valence-corrected chi connectivity index (χ4v) is 3.08. The first-order valence-electron chi connectivity index (χ1n) is 6.97. The largest absolute Gasteiger partial charge is 0.457 e. The van der Waals surface area contributed by atoms with Gasteiger partial charge in [0.05, 0.1) is 15.6 Å². The van der Waals surface area contributed by atoms with Gasteiger partial charge < -0.3 is 9.72 Å². The minimum Gasteiger partial charge on any atom is -0.457 e. The van der Waals surface area contributed by atoms with Crippen molar-refractivity contribution in [1.82, 2.24) is 9.97 Å². The Bertz CT molecular complexity index is 845. The lowest BCUT2D eigenvalue weighted by molar-refractivity contribution is -0.138. The molecule has 0 fully saturated rings. The van der Waals surface area contributed by atoms with Crippen LogP contribution in [0.3, 0.4) is 0 Å². The first-order chi connectivity index (χ1) is 10.6. The Kier molecular flexibility index (Phi) is 4.06. The highest BCUT2D eigenvalue weighted by molar-refractivity contribution is 7.11. The molecular formula is C17H16N2O2S. The molecule has 4 nitrogen and oxygen atoms in total. The molecule has 0 aliphatic heterocycles. The number of H-pyrrole nitrogens is 1. The minimum absolute atomic E-state index is 0.275. The average molecular weight is 312 g/mol. The maximum absolute atomic E-state index is 11.8. The lowest BCUT2D eigenvalue weighted by Gasteiger charge is -2.00. The second-order valence-corrected chi connectivity index (χ2v) is 6.29. The first kappa shape index (κ1) is 14.5. The second kappa shape index (κ2) is 6.15. The summed E-state index contributed by atoms with van der Waals surface area (Å²) in [4.78, 5) is 20.2. The lowest BCUT2D eigenvalue weighted by atomic mass is 10.1. The summed E-state index contributed by atoms with van der Waals surface area (Å²) in [5.41, 5.74) is 2.97. The van der Waals surface area contributed by atoms with Gasteiger partial charge in [0.25, 0.3) is 0 Å². The van der Waals surface area contributed by atoms with Crippen LogP contribution >= 0.6 is 11.3 Å². The number of thiazole rings is 1. The Morgan fingerprint density at radius 3 is 3.00 bits per heavy atom. The number of esters is 1. The molecule has 3 aromatic rings. The number of nitrogens with zero attached hydrogens (tertiary/aromatic N) is 1. The lowest BCUT2D eigenvalue weighted by Crippen LogP contribution is -2.00. The zero-order valence-corrected chi connectivity index (χ0v) is 13.2. The molecule has 112 valence electrons. The highest BCUT2D eigenvalue weighted by atomic mass is 32.1. The molecule has 5 heteroatoms. The molecule has 2 heterocycles. The van der Waals surface area contributed by atoms with Crippen molar-refractivity contribution in [3.8, 4) is 0 Å². The molecule has 0 aliphatic carbocycles. The van der Waals surface area contributed by atoms with Gasteiger partial charge in [-0.1, -0.05) is 6.07 Å². The normalized spacial score (nSPS) is 11.4. The molecule has 1 N–H and O–H groups in total.